The molecule has 1 aliphatic heterocycles. The van der Waals surface area contributed by atoms with Gasteiger partial charge in [-0.1, -0.05) is 0 Å². The zero-order valence-corrected chi connectivity index (χ0v) is 10.6. The molecule has 1 heterocycles. The zero-order chi connectivity index (χ0) is 13.2. The van der Waals surface area contributed by atoms with Crippen LogP contribution in [0.3, 0.4) is 0 Å². The van der Waals surface area contributed by atoms with Gasteiger partial charge in [-0.15, -0.1) is 0 Å². The number of carbonyl (C=O) groups excluding carboxylic acids is 2. The average Bonchev–Trinajstić information content (AvgIpc) is 2.13. The highest BCUT2D eigenvalue weighted by atomic mass is 16.6. The van der Waals surface area contributed by atoms with Crippen molar-refractivity contribution in [2.75, 3.05) is 13.2 Å². The van der Waals surface area contributed by atoms with Crippen LogP contribution in [-0.4, -0.2) is 47.9 Å². The minimum atomic E-state index is -1.33. The quantitative estimate of drug-likeness (QED) is 0.636. The highest BCUT2D eigenvalue weighted by molar-refractivity contribution is 5.79. The molecule has 0 bridgehead atoms. The Kier molecular flexibility index (Phi) is 3.98. The molecule has 0 saturated carbocycles. The number of rotatable bonds is 1. The number of carbonyl (C=O) groups is 2. The van der Waals surface area contributed by atoms with Gasteiger partial charge in [0.1, 0.15) is 11.6 Å². The Bertz CT molecular complexity index is 309. The molecule has 6 heteroatoms. The normalized spacial score (nSPS) is 25.5. The number of hydrogen-bond acceptors (Lipinski definition) is 5. The number of carboxylic acids is 1. The molecule has 1 saturated heterocycles. The summed E-state index contributed by atoms with van der Waals surface area (Å²) in [5.41, 5.74) is -0.658. The van der Waals surface area contributed by atoms with Crippen LogP contribution in [0.5, 0.6) is 0 Å². The summed E-state index contributed by atoms with van der Waals surface area (Å²) in [7, 11) is 0. The Labute approximate surface area is 100 Å². The van der Waals surface area contributed by atoms with Crippen LogP contribution in [0.2, 0.25) is 0 Å². The van der Waals surface area contributed by atoms with Crippen molar-refractivity contribution >= 4 is 12.1 Å². The van der Waals surface area contributed by atoms with Gasteiger partial charge in [0, 0.05) is 6.54 Å². The summed E-state index contributed by atoms with van der Waals surface area (Å²) in [4.78, 5) is 24.0. The van der Waals surface area contributed by atoms with Crippen LogP contribution in [0.4, 0.5) is 4.79 Å². The number of carboxylic acid groups (broad SMARTS) is 1. The van der Waals surface area contributed by atoms with Crippen LogP contribution >= 0.6 is 0 Å². The van der Waals surface area contributed by atoms with Gasteiger partial charge in [-0.3, -0.25) is 4.90 Å². The van der Waals surface area contributed by atoms with E-state index in [1.807, 2.05) is 0 Å². The summed E-state index contributed by atoms with van der Waals surface area (Å²) in [5, 5.41) is 11.0. The van der Waals surface area contributed by atoms with Gasteiger partial charge in [0.05, 0.1) is 18.7 Å². The first kappa shape index (κ1) is 13.8. The lowest BCUT2D eigenvalue weighted by molar-refractivity contribution is -0.316. The number of amides is 1. The van der Waals surface area contributed by atoms with Crippen LogP contribution in [-0.2, 0) is 14.3 Å². The zero-order valence-electron chi connectivity index (χ0n) is 10.6. The van der Waals surface area contributed by atoms with Gasteiger partial charge >= 0.3 is 6.09 Å². The molecule has 1 amide bonds. The first-order valence-corrected chi connectivity index (χ1v) is 5.54. The highest BCUT2D eigenvalue weighted by Gasteiger charge is 2.36. The van der Waals surface area contributed by atoms with Crippen LogP contribution in [0, 0.1) is 0 Å². The molecular formula is C11H18NO5-. The van der Waals surface area contributed by atoms with E-state index < -0.39 is 29.8 Å². The summed E-state index contributed by atoms with van der Waals surface area (Å²) in [6.45, 7) is 7.26. The summed E-state index contributed by atoms with van der Waals surface area (Å²) in [6.07, 6.45) is -1.25. The second kappa shape index (κ2) is 4.91. The van der Waals surface area contributed by atoms with Crippen molar-refractivity contribution in [3.63, 3.8) is 0 Å². The maximum Gasteiger partial charge on any atom is 0.411 e. The number of aliphatic carboxylic acids is 1. The van der Waals surface area contributed by atoms with Crippen LogP contribution in [0.1, 0.15) is 27.7 Å². The Hall–Kier alpha value is -1.30. The third-order valence-corrected chi connectivity index (χ3v) is 2.36. The molecule has 0 unspecified atom stereocenters. The summed E-state index contributed by atoms with van der Waals surface area (Å²) < 4.78 is 10.3. The van der Waals surface area contributed by atoms with E-state index in [-0.39, 0.29) is 6.54 Å². The fraction of sp³-hybridized carbons (Fsp3) is 0.818. The lowest BCUT2D eigenvalue weighted by Crippen LogP contribution is -2.60. The summed E-state index contributed by atoms with van der Waals surface area (Å²) >= 11 is 0. The number of ether oxygens (including phenoxy) is 2. The molecule has 0 aliphatic carbocycles. The first-order valence-electron chi connectivity index (χ1n) is 5.54. The molecule has 1 rings (SSSR count). The molecule has 6 nitrogen and oxygen atoms in total. The lowest BCUT2D eigenvalue weighted by atomic mass is 10.1. The maximum absolute atomic E-state index is 11.8. The molecular weight excluding hydrogens is 226 g/mol. The van der Waals surface area contributed by atoms with E-state index in [1.54, 1.807) is 27.7 Å². The smallest absolute Gasteiger partial charge is 0.411 e. The Morgan fingerprint density at radius 2 is 2.00 bits per heavy atom. The second-order valence-corrected chi connectivity index (χ2v) is 5.01. The van der Waals surface area contributed by atoms with Crippen molar-refractivity contribution in [3.8, 4) is 0 Å². The standard InChI is InChI=1S/C11H19NO5/c1-7-8(9(13)14)12(5-6-16-7)10(15)17-11(2,3)4/h7-8H,5-6H2,1-4H3,(H,13,14)/p-1/t7-,8+/m1/s1. The average molecular weight is 244 g/mol. The van der Waals surface area contributed by atoms with Crippen molar-refractivity contribution in [2.24, 2.45) is 0 Å². The van der Waals surface area contributed by atoms with E-state index in [9.17, 15) is 14.7 Å². The Balaban J connectivity index is 2.79. The molecule has 98 valence electrons. The third-order valence-electron chi connectivity index (χ3n) is 2.36. The minimum Gasteiger partial charge on any atom is -0.548 e. The van der Waals surface area contributed by atoms with Crippen molar-refractivity contribution in [1.29, 1.82) is 0 Å². The molecule has 1 aliphatic rings. The van der Waals surface area contributed by atoms with E-state index in [4.69, 9.17) is 9.47 Å². The van der Waals surface area contributed by atoms with E-state index in [2.05, 4.69) is 0 Å². The van der Waals surface area contributed by atoms with E-state index >= 15 is 0 Å². The van der Waals surface area contributed by atoms with Crippen molar-refractivity contribution in [2.45, 2.75) is 45.4 Å². The lowest BCUT2D eigenvalue weighted by Gasteiger charge is -2.40. The van der Waals surface area contributed by atoms with E-state index in [1.165, 1.54) is 0 Å². The fourth-order valence-electron chi connectivity index (χ4n) is 1.66. The topological polar surface area (TPSA) is 78.9 Å². The maximum atomic E-state index is 11.8. The van der Waals surface area contributed by atoms with E-state index in [0.717, 1.165) is 4.90 Å². The molecule has 1 fully saturated rings. The van der Waals surface area contributed by atoms with Gasteiger partial charge in [0.15, 0.2) is 0 Å². The second-order valence-electron chi connectivity index (χ2n) is 5.01. The van der Waals surface area contributed by atoms with Gasteiger partial charge in [0.25, 0.3) is 0 Å². The number of morpholine rings is 1. The Morgan fingerprint density at radius 3 is 2.47 bits per heavy atom. The van der Waals surface area contributed by atoms with Gasteiger partial charge in [-0.05, 0) is 27.7 Å². The SMILES string of the molecule is C[C@H]1OCCN(C(=O)OC(C)(C)C)[C@@H]1C(=O)[O-]. The molecule has 0 aromatic carbocycles. The van der Waals surface area contributed by atoms with Crippen molar-refractivity contribution < 1.29 is 24.2 Å². The van der Waals surface area contributed by atoms with Gasteiger partial charge in [-0.2, -0.15) is 0 Å². The van der Waals surface area contributed by atoms with E-state index in [0.29, 0.717) is 6.61 Å². The fourth-order valence-corrected chi connectivity index (χ4v) is 1.66. The number of hydrogen-bond donors (Lipinski definition) is 0. The molecule has 0 spiro atoms. The van der Waals surface area contributed by atoms with Crippen molar-refractivity contribution in [3.05, 3.63) is 0 Å². The molecule has 17 heavy (non-hydrogen) atoms. The summed E-state index contributed by atoms with van der Waals surface area (Å²) in [5.74, 6) is -1.33. The largest absolute Gasteiger partial charge is 0.548 e. The highest BCUT2D eigenvalue weighted by Crippen LogP contribution is 2.17. The monoisotopic (exact) mass is 244 g/mol. The van der Waals surface area contributed by atoms with Gasteiger partial charge < -0.3 is 19.4 Å². The van der Waals surface area contributed by atoms with Crippen LogP contribution < -0.4 is 5.11 Å². The Morgan fingerprint density at radius 1 is 1.41 bits per heavy atom. The van der Waals surface area contributed by atoms with Crippen molar-refractivity contribution in [1.82, 2.24) is 4.90 Å². The molecule has 0 N–H and O–H groups in total. The van der Waals surface area contributed by atoms with Crippen LogP contribution in [0.25, 0.3) is 0 Å². The molecule has 0 aromatic heterocycles. The minimum absolute atomic E-state index is 0.192. The molecule has 0 radical (unpaired) electrons. The summed E-state index contributed by atoms with van der Waals surface area (Å²) in [6, 6.07) is -1.10. The predicted octanol–water partition coefficient (Wildman–Crippen LogP) is -0.239. The molecule has 2 atom stereocenters. The number of nitrogens with zero attached hydrogens (tertiary/aromatic N) is 1. The molecule has 0 aromatic rings. The van der Waals surface area contributed by atoms with Crippen LogP contribution in [0.15, 0.2) is 0 Å². The first-order chi connectivity index (χ1) is 7.72. The van der Waals surface area contributed by atoms with Gasteiger partial charge in [0.2, 0.25) is 0 Å². The third kappa shape index (κ3) is 3.59. The predicted molar refractivity (Wildman–Crippen MR) is 57.1 cm³/mol. The van der Waals surface area contributed by atoms with Gasteiger partial charge in [-0.25, -0.2) is 4.79 Å².